The Morgan fingerprint density at radius 2 is 2.00 bits per heavy atom. The van der Waals surface area contributed by atoms with E-state index in [4.69, 9.17) is 11.6 Å². The number of benzene rings is 1. The summed E-state index contributed by atoms with van der Waals surface area (Å²) in [5, 5.41) is 3.86. The van der Waals surface area contributed by atoms with Crippen molar-refractivity contribution in [2.45, 2.75) is 25.7 Å². The molecule has 2 atom stereocenters. The van der Waals surface area contributed by atoms with Crippen molar-refractivity contribution < 1.29 is 4.79 Å². The monoisotopic (exact) mass is 349 g/mol. The van der Waals surface area contributed by atoms with Crippen LogP contribution in [0.1, 0.15) is 31.2 Å². The van der Waals surface area contributed by atoms with Crippen LogP contribution < -0.4 is 5.32 Å². The number of hydrogen-bond acceptors (Lipinski definition) is 3. The molecule has 0 aromatic heterocycles. The third kappa shape index (κ3) is 4.71. The lowest BCUT2D eigenvalue weighted by atomic mass is 10.1. The molecular formula is C19H28ClN3O. The quantitative estimate of drug-likeness (QED) is 0.768. The van der Waals surface area contributed by atoms with E-state index in [1.165, 1.54) is 18.7 Å². The molecule has 1 aromatic carbocycles. The number of hydrogen-bond donors (Lipinski definition) is 1. The molecule has 1 aromatic rings. The van der Waals surface area contributed by atoms with E-state index in [1.807, 2.05) is 18.2 Å². The number of rotatable bonds is 7. The number of halogens is 1. The summed E-state index contributed by atoms with van der Waals surface area (Å²) in [5.41, 5.74) is 1.19. The molecule has 3 rings (SSSR count). The van der Waals surface area contributed by atoms with Crippen LogP contribution in [0, 0.1) is 5.92 Å². The summed E-state index contributed by atoms with van der Waals surface area (Å²) in [6, 6.07) is 7.89. The van der Waals surface area contributed by atoms with Crippen LogP contribution in [0.2, 0.25) is 5.02 Å². The van der Waals surface area contributed by atoms with Crippen molar-refractivity contribution in [2.24, 2.45) is 5.92 Å². The molecule has 2 fully saturated rings. The third-order valence-electron chi connectivity index (χ3n) is 5.27. The van der Waals surface area contributed by atoms with Gasteiger partial charge in [0, 0.05) is 43.7 Å². The molecule has 1 aliphatic carbocycles. The highest BCUT2D eigenvalue weighted by Gasteiger charge is 2.43. The Hall–Kier alpha value is -1.10. The van der Waals surface area contributed by atoms with E-state index in [9.17, 15) is 4.79 Å². The minimum absolute atomic E-state index is 0.136. The predicted molar refractivity (Wildman–Crippen MR) is 98.5 cm³/mol. The number of nitrogens with zero attached hydrogens (tertiary/aromatic N) is 2. The van der Waals surface area contributed by atoms with Crippen molar-refractivity contribution in [3.8, 4) is 0 Å². The van der Waals surface area contributed by atoms with Crippen LogP contribution in [0.15, 0.2) is 24.3 Å². The largest absolute Gasteiger partial charge is 0.356 e. The Bertz CT molecular complexity index is 557. The molecule has 2 aliphatic rings. The number of piperazine rings is 1. The van der Waals surface area contributed by atoms with Crippen LogP contribution in [0.4, 0.5) is 0 Å². The Balaban J connectivity index is 1.31. The van der Waals surface area contributed by atoms with Crippen molar-refractivity contribution in [2.75, 3.05) is 45.8 Å². The molecule has 24 heavy (non-hydrogen) atoms. The maximum absolute atomic E-state index is 12.2. The van der Waals surface area contributed by atoms with Crippen LogP contribution in [-0.4, -0.2) is 61.5 Å². The maximum Gasteiger partial charge on any atom is 0.223 e. The Kier molecular flexibility index (Phi) is 6.14. The van der Waals surface area contributed by atoms with Crippen LogP contribution in [-0.2, 0) is 4.79 Å². The first-order valence-electron chi connectivity index (χ1n) is 9.15. The van der Waals surface area contributed by atoms with Gasteiger partial charge in [-0.3, -0.25) is 4.79 Å². The standard InChI is InChI=1S/C19H28ClN3O/c1-2-22-9-11-23(12-10-22)8-4-7-21-19(24)18-14-17(18)15-5-3-6-16(20)13-15/h3,5-6,13,17-18H,2,4,7-12,14H2,1H3,(H,21,24)/t17-,18+/m1/s1. The van der Waals surface area contributed by atoms with Gasteiger partial charge in [0.1, 0.15) is 0 Å². The molecule has 1 saturated carbocycles. The van der Waals surface area contributed by atoms with Crippen molar-refractivity contribution >= 4 is 17.5 Å². The van der Waals surface area contributed by atoms with Gasteiger partial charge >= 0.3 is 0 Å². The minimum atomic E-state index is 0.136. The lowest BCUT2D eigenvalue weighted by Gasteiger charge is -2.33. The zero-order valence-electron chi connectivity index (χ0n) is 14.5. The first-order chi connectivity index (χ1) is 11.7. The summed E-state index contributed by atoms with van der Waals surface area (Å²) in [7, 11) is 0. The average Bonchev–Trinajstić information content (AvgIpc) is 3.40. The molecule has 1 aliphatic heterocycles. The van der Waals surface area contributed by atoms with E-state index in [0.717, 1.165) is 50.6 Å². The number of likely N-dealkylation sites (N-methyl/N-ethyl adjacent to an activating group) is 1. The van der Waals surface area contributed by atoms with Crippen molar-refractivity contribution in [3.63, 3.8) is 0 Å². The molecule has 1 saturated heterocycles. The molecular weight excluding hydrogens is 322 g/mol. The van der Waals surface area contributed by atoms with Crippen molar-refractivity contribution in [1.29, 1.82) is 0 Å². The van der Waals surface area contributed by atoms with Crippen molar-refractivity contribution in [1.82, 2.24) is 15.1 Å². The van der Waals surface area contributed by atoms with E-state index < -0.39 is 0 Å². The van der Waals surface area contributed by atoms with Gasteiger partial charge in [-0.15, -0.1) is 0 Å². The van der Waals surface area contributed by atoms with E-state index in [0.29, 0.717) is 5.92 Å². The minimum Gasteiger partial charge on any atom is -0.356 e. The lowest BCUT2D eigenvalue weighted by Crippen LogP contribution is -2.46. The van der Waals surface area contributed by atoms with E-state index in [1.54, 1.807) is 0 Å². The van der Waals surface area contributed by atoms with Gasteiger partial charge in [0.2, 0.25) is 5.91 Å². The molecule has 0 radical (unpaired) electrons. The van der Waals surface area contributed by atoms with E-state index in [2.05, 4.69) is 28.1 Å². The number of nitrogens with one attached hydrogen (secondary N) is 1. The second-order valence-corrected chi connectivity index (χ2v) is 7.36. The summed E-state index contributed by atoms with van der Waals surface area (Å²) < 4.78 is 0. The summed E-state index contributed by atoms with van der Waals surface area (Å²) in [6.07, 6.45) is 1.98. The summed E-state index contributed by atoms with van der Waals surface area (Å²) in [6.45, 7) is 9.89. The SMILES string of the molecule is CCN1CCN(CCCNC(=O)[C@H]2C[C@@H]2c2cccc(Cl)c2)CC1. The summed E-state index contributed by atoms with van der Waals surface area (Å²) in [4.78, 5) is 17.2. The van der Waals surface area contributed by atoms with Gasteiger partial charge in [0.05, 0.1) is 0 Å². The number of carbonyl (C=O) groups is 1. The fraction of sp³-hybridized carbons (Fsp3) is 0.632. The Morgan fingerprint density at radius 1 is 1.25 bits per heavy atom. The third-order valence-corrected chi connectivity index (χ3v) is 5.50. The van der Waals surface area contributed by atoms with Crippen LogP contribution >= 0.6 is 11.6 Å². The van der Waals surface area contributed by atoms with Gasteiger partial charge < -0.3 is 15.1 Å². The molecule has 1 N–H and O–H groups in total. The van der Waals surface area contributed by atoms with Gasteiger partial charge in [0.15, 0.2) is 0 Å². The summed E-state index contributed by atoms with van der Waals surface area (Å²) in [5.74, 6) is 0.693. The predicted octanol–water partition coefficient (Wildman–Crippen LogP) is 2.59. The Morgan fingerprint density at radius 3 is 2.71 bits per heavy atom. The highest BCUT2D eigenvalue weighted by Crippen LogP contribution is 2.47. The molecule has 5 heteroatoms. The smallest absolute Gasteiger partial charge is 0.223 e. The zero-order valence-corrected chi connectivity index (χ0v) is 15.3. The second kappa shape index (κ2) is 8.32. The summed E-state index contributed by atoms with van der Waals surface area (Å²) >= 11 is 6.03. The second-order valence-electron chi connectivity index (χ2n) is 6.92. The first kappa shape index (κ1) is 17.7. The van der Waals surface area contributed by atoms with E-state index in [-0.39, 0.29) is 11.8 Å². The number of amides is 1. The topological polar surface area (TPSA) is 35.6 Å². The highest BCUT2D eigenvalue weighted by molar-refractivity contribution is 6.30. The normalized spacial score (nSPS) is 24.8. The van der Waals surface area contributed by atoms with Crippen LogP contribution in [0.5, 0.6) is 0 Å². The maximum atomic E-state index is 12.2. The molecule has 0 unspecified atom stereocenters. The molecule has 0 spiro atoms. The van der Waals surface area contributed by atoms with Gasteiger partial charge in [-0.1, -0.05) is 30.7 Å². The fourth-order valence-corrected chi connectivity index (χ4v) is 3.76. The Labute approximate surface area is 150 Å². The van der Waals surface area contributed by atoms with Gasteiger partial charge in [-0.05, 0) is 49.5 Å². The van der Waals surface area contributed by atoms with Crippen LogP contribution in [0.3, 0.4) is 0 Å². The molecule has 1 heterocycles. The highest BCUT2D eigenvalue weighted by atomic mass is 35.5. The first-order valence-corrected chi connectivity index (χ1v) is 9.53. The van der Waals surface area contributed by atoms with Gasteiger partial charge in [-0.2, -0.15) is 0 Å². The molecule has 1 amide bonds. The molecule has 132 valence electrons. The van der Waals surface area contributed by atoms with Crippen molar-refractivity contribution in [3.05, 3.63) is 34.9 Å². The average molecular weight is 350 g/mol. The van der Waals surface area contributed by atoms with Gasteiger partial charge in [-0.25, -0.2) is 0 Å². The molecule has 0 bridgehead atoms. The zero-order chi connectivity index (χ0) is 16.9. The lowest BCUT2D eigenvalue weighted by molar-refractivity contribution is -0.122. The van der Waals surface area contributed by atoms with E-state index >= 15 is 0 Å². The number of carbonyl (C=O) groups excluding carboxylic acids is 1. The fourth-order valence-electron chi connectivity index (χ4n) is 3.56. The van der Waals surface area contributed by atoms with Gasteiger partial charge in [0.25, 0.3) is 0 Å². The molecule has 4 nitrogen and oxygen atoms in total. The van der Waals surface area contributed by atoms with Crippen LogP contribution in [0.25, 0.3) is 0 Å².